The monoisotopic (exact) mass is 487 g/mol. The topological polar surface area (TPSA) is 27.7 Å². The van der Waals surface area contributed by atoms with Gasteiger partial charge in [0.2, 0.25) is 0 Å². The number of fused-ring (bicyclic) bond motifs is 3. The van der Waals surface area contributed by atoms with Crippen molar-refractivity contribution >= 4 is 7.94 Å². The molecule has 0 N–H and O–H groups in total. The van der Waals surface area contributed by atoms with Gasteiger partial charge in [-0.1, -0.05) is 86.6 Å². The van der Waals surface area contributed by atoms with E-state index in [-0.39, 0.29) is 16.2 Å². The van der Waals surface area contributed by atoms with E-state index in [2.05, 4.69) is 117 Å². The Bertz CT molecular complexity index is 1310. The molecule has 0 fully saturated rings. The Kier molecular flexibility index (Phi) is 4.34. The lowest BCUT2D eigenvalue weighted by Crippen LogP contribution is -2.29. The van der Waals surface area contributed by atoms with E-state index >= 15 is 0 Å². The average Bonchev–Trinajstić information content (AvgIpc) is 3.27. The first-order chi connectivity index (χ1) is 16.2. The highest BCUT2D eigenvalue weighted by Gasteiger charge is 2.86. The fourth-order valence-electron chi connectivity index (χ4n) is 5.82. The number of hydrogen-bond donors (Lipinski definition) is 0. The minimum absolute atomic E-state index is 0.0107. The first-order valence-electron chi connectivity index (χ1n) is 12.6. The summed E-state index contributed by atoms with van der Waals surface area (Å²) in [5, 5.41) is -0.598. The summed E-state index contributed by atoms with van der Waals surface area (Å²) in [7, 11) is -2.88. The highest BCUT2D eigenvalue weighted by Crippen LogP contribution is 2.90. The lowest BCUT2D eigenvalue weighted by Gasteiger charge is -2.28. The molecule has 3 aromatic rings. The average molecular weight is 488 g/mol. The van der Waals surface area contributed by atoms with Crippen LogP contribution in [-0.4, -0.2) is 0 Å². The molecule has 3 nitrogen and oxygen atoms in total. The highest BCUT2D eigenvalue weighted by molar-refractivity contribution is 7.65. The van der Waals surface area contributed by atoms with Crippen LogP contribution in [0.1, 0.15) is 95.7 Å². The second-order valence-corrected chi connectivity index (χ2v) is 15.5. The zero-order chi connectivity index (χ0) is 25.2. The third-order valence-corrected chi connectivity index (χ3v) is 10.6. The normalized spacial score (nSPS) is 23.9. The molecular weight excluding hydrogens is 451 g/mol. The zero-order valence-electron chi connectivity index (χ0n) is 22.4. The van der Waals surface area contributed by atoms with Crippen molar-refractivity contribution in [2.75, 3.05) is 0 Å². The second-order valence-electron chi connectivity index (χ2n) is 13.3. The summed E-state index contributed by atoms with van der Waals surface area (Å²) in [4.78, 5) is 0. The third kappa shape index (κ3) is 2.88. The maximum absolute atomic E-state index is 6.85. The Hall–Kier alpha value is -2.51. The van der Waals surface area contributed by atoms with Crippen LogP contribution in [-0.2, 0) is 21.4 Å². The van der Waals surface area contributed by atoms with Gasteiger partial charge >= 0.3 is 7.94 Å². The molecule has 0 amide bonds. The van der Waals surface area contributed by atoms with Gasteiger partial charge in [-0.3, -0.25) is 13.6 Å². The zero-order valence-corrected chi connectivity index (χ0v) is 23.3. The van der Waals surface area contributed by atoms with Gasteiger partial charge in [-0.05, 0) is 63.3 Å². The second kappa shape index (κ2) is 6.62. The van der Waals surface area contributed by atoms with Gasteiger partial charge in [-0.2, -0.15) is 0 Å². The van der Waals surface area contributed by atoms with E-state index in [0.29, 0.717) is 0 Å². The van der Waals surface area contributed by atoms with Crippen LogP contribution in [0.5, 0.6) is 17.2 Å². The van der Waals surface area contributed by atoms with Crippen LogP contribution in [0.3, 0.4) is 0 Å². The van der Waals surface area contributed by atoms with Crippen LogP contribution >= 0.6 is 7.94 Å². The van der Waals surface area contributed by atoms with E-state index in [1.165, 1.54) is 33.4 Å². The van der Waals surface area contributed by atoms with E-state index < -0.39 is 13.1 Å². The van der Waals surface area contributed by atoms with Crippen molar-refractivity contribution in [2.45, 2.75) is 83.7 Å². The van der Waals surface area contributed by atoms with Crippen LogP contribution in [0.4, 0.5) is 0 Å². The van der Waals surface area contributed by atoms with Gasteiger partial charge in [0.1, 0.15) is 0 Å². The van der Waals surface area contributed by atoms with Crippen LogP contribution in [0.15, 0.2) is 54.6 Å². The molecule has 6 rings (SSSR count). The Balaban J connectivity index is 1.77. The molecule has 0 spiro atoms. The molecule has 4 heteroatoms. The standard InChI is InChI=1S/C31H36O3P/c1-28(2,3)19-13-15-24-22(17-19)31-23-18-20(29(4,5)6)14-16-25(23)33-35(31,32-24)34-26-12-10-11-21(27(26)31)30(7,8)9/h10-18H,1-9H3/q+1. The Morgan fingerprint density at radius 2 is 1.06 bits per heavy atom. The summed E-state index contributed by atoms with van der Waals surface area (Å²) >= 11 is 0. The summed E-state index contributed by atoms with van der Waals surface area (Å²) in [5.74, 6) is 2.66. The van der Waals surface area contributed by atoms with E-state index in [9.17, 15) is 0 Å². The molecule has 35 heavy (non-hydrogen) atoms. The molecule has 0 atom stereocenters. The quantitative estimate of drug-likeness (QED) is 0.297. The van der Waals surface area contributed by atoms with Crippen LogP contribution in [0, 0.1) is 0 Å². The first kappa shape index (κ1) is 22.9. The molecule has 0 saturated heterocycles. The van der Waals surface area contributed by atoms with Crippen molar-refractivity contribution < 1.29 is 13.6 Å². The Labute approximate surface area is 210 Å². The summed E-state index contributed by atoms with van der Waals surface area (Å²) in [6.45, 7) is 20.4. The SMILES string of the molecule is CC(C)(C)c1ccc2c(c1)C13c4cc(C(C)(C)C)ccc4O[P+]1(O2)Oc1cccc(C(C)(C)C)c13. The van der Waals surface area contributed by atoms with Crippen molar-refractivity contribution in [3.8, 4) is 17.2 Å². The minimum atomic E-state index is -2.88. The van der Waals surface area contributed by atoms with Crippen LogP contribution < -0.4 is 13.6 Å². The fourth-order valence-corrected chi connectivity index (χ4v) is 9.03. The molecule has 0 bridgehead atoms. The molecular formula is C31H36O3P+. The van der Waals surface area contributed by atoms with Gasteiger partial charge in [0.25, 0.3) is 5.16 Å². The van der Waals surface area contributed by atoms with E-state index in [4.69, 9.17) is 13.6 Å². The summed E-state index contributed by atoms with van der Waals surface area (Å²) < 4.78 is 20.5. The smallest absolute Gasteiger partial charge is 0.270 e. The van der Waals surface area contributed by atoms with Crippen LogP contribution in [0.2, 0.25) is 0 Å². The summed E-state index contributed by atoms with van der Waals surface area (Å²) in [6.07, 6.45) is 0. The van der Waals surface area contributed by atoms with Gasteiger partial charge in [-0.25, -0.2) is 0 Å². The van der Waals surface area contributed by atoms with Gasteiger partial charge in [0.15, 0.2) is 17.2 Å². The predicted octanol–water partition coefficient (Wildman–Crippen LogP) is 8.81. The highest BCUT2D eigenvalue weighted by atomic mass is 31.2. The largest absolute Gasteiger partial charge is 0.562 e. The molecule has 0 saturated carbocycles. The molecule has 3 aliphatic heterocycles. The van der Waals surface area contributed by atoms with E-state index in [1.807, 2.05) is 0 Å². The fraction of sp³-hybridized carbons (Fsp3) is 0.419. The predicted molar refractivity (Wildman–Crippen MR) is 144 cm³/mol. The molecule has 182 valence electrons. The maximum atomic E-state index is 6.85. The van der Waals surface area contributed by atoms with Crippen molar-refractivity contribution in [3.05, 3.63) is 88.0 Å². The molecule has 3 aliphatic rings. The van der Waals surface area contributed by atoms with E-state index in [1.54, 1.807) is 0 Å². The van der Waals surface area contributed by atoms with Crippen molar-refractivity contribution in [3.63, 3.8) is 0 Å². The van der Waals surface area contributed by atoms with Crippen molar-refractivity contribution in [2.24, 2.45) is 0 Å². The van der Waals surface area contributed by atoms with Gasteiger partial charge in [0.05, 0.1) is 16.7 Å². The Morgan fingerprint density at radius 1 is 0.571 bits per heavy atom. The molecule has 3 heterocycles. The number of hydrogen-bond acceptors (Lipinski definition) is 3. The number of benzene rings is 3. The molecule has 0 aromatic heterocycles. The first-order valence-corrected chi connectivity index (χ1v) is 14.1. The lowest BCUT2D eigenvalue weighted by atomic mass is 9.72. The summed E-state index contributed by atoms with van der Waals surface area (Å²) in [5.41, 5.74) is 7.39. The molecule has 0 unspecified atom stereocenters. The van der Waals surface area contributed by atoms with Crippen LogP contribution in [0.25, 0.3) is 0 Å². The number of rotatable bonds is 0. The third-order valence-electron chi connectivity index (χ3n) is 7.73. The maximum Gasteiger partial charge on any atom is 0.562 e. The van der Waals surface area contributed by atoms with Gasteiger partial charge < -0.3 is 0 Å². The molecule has 0 radical (unpaired) electrons. The summed E-state index contributed by atoms with van der Waals surface area (Å²) in [6, 6.07) is 19.8. The minimum Gasteiger partial charge on any atom is -0.270 e. The van der Waals surface area contributed by atoms with E-state index in [0.717, 1.165) is 17.2 Å². The lowest BCUT2D eigenvalue weighted by molar-refractivity contribution is 0.380. The van der Waals surface area contributed by atoms with Gasteiger partial charge in [0, 0.05) is 0 Å². The van der Waals surface area contributed by atoms with Crippen molar-refractivity contribution in [1.82, 2.24) is 0 Å². The van der Waals surface area contributed by atoms with Gasteiger partial charge in [-0.15, -0.1) is 0 Å². The molecule has 3 aromatic carbocycles. The molecule has 0 aliphatic carbocycles. The Morgan fingerprint density at radius 3 is 1.51 bits per heavy atom. The van der Waals surface area contributed by atoms with Crippen molar-refractivity contribution in [1.29, 1.82) is 0 Å².